The van der Waals surface area contributed by atoms with Gasteiger partial charge in [0.2, 0.25) is 0 Å². The zero-order valence-corrected chi connectivity index (χ0v) is 65.6. The summed E-state index contributed by atoms with van der Waals surface area (Å²) < 4.78 is 12.8. The van der Waals surface area contributed by atoms with Crippen LogP contribution in [0.4, 0.5) is 34.1 Å². The van der Waals surface area contributed by atoms with Crippen LogP contribution in [0.15, 0.2) is 470 Å². The molecule has 0 aliphatic rings. The van der Waals surface area contributed by atoms with Gasteiger partial charge in [-0.3, -0.25) is 0 Å². The average Bonchev–Trinajstić information content (AvgIpc) is 1.42. The predicted molar refractivity (Wildman–Crippen MR) is 505 cm³/mol. The van der Waals surface area contributed by atoms with Crippen LogP contribution < -0.4 is 9.80 Å². The molecule has 0 bridgehead atoms. The Kier molecular flexibility index (Phi) is 17.9. The lowest BCUT2D eigenvalue weighted by atomic mass is 9.92. The summed E-state index contributed by atoms with van der Waals surface area (Å²) in [5.74, 6) is 0. The van der Waals surface area contributed by atoms with E-state index in [1.807, 2.05) is 24.3 Å². The van der Waals surface area contributed by atoms with Crippen molar-refractivity contribution < 1.29 is 8.83 Å². The number of rotatable bonds is 17. The molecule has 20 aromatic carbocycles. The summed E-state index contributed by atoms with van der Waals surface area (Å²) in [5, 5.41) is 9.28. The van der Waals surface area contributed by atoms with Gasteiger partial charge >= 0.3 is 0 Å². The third-order valence-electron chi connectivity index (χ3n) is 23.8. The van der Waals surface area contributed by atoms with Gasteiger partial charge < -0.3 is 18.6 Å². The topological polar surface area (TPSA) is 32.8 Å². The second-order valence-electron chi connectivity index (χ2n) is 31.1. The molecule has 0 amide bonds. The van der Waals surface area contributed by atoms with Crippen LogP contribution in [-0.2, 0) is 0 Å². The summed E-state index contributed by atoms with van der Waals surface area (Å²) in [6.07, 6.45) is 0. The van der Waals surface area contributed by atoms with Crippen molar-refractivity contribution in [3.63, 3.8) is 0 Å². The minimum absolute atomic E-state index is 0.875. The fourth-order valence-corrected chi connectivity index (χ4v) is 17.9. The fraction of sp³-hybridized carbons (Fsp3) is 0. The highest BCUT2D eigenvalue weighted by Crippen LogP contribution is 2.48. The van der Waals surface area contributed by atoms with E-state index < -0.39 is 0 Å². The van der Waals surface area contributed by atoms with Gasteiger partial charge in [-0.25, -0.2) is 0 Å². The van der Waals surface area contributed by atoms with E-state index in [1.165, 1.54) is 38.2 Å². The Balaban J connectivity index is 0.611. The Labute approximate surface area is 696 Å². The molecule has 2 aromatic heterocycles. The van der Waals surface area contributed by atoms with Gasteiger partial charge in [-0.05, 0) is 283 Å². The van der Waals surface area contributed by atoms with Crippen molar-refractivity contribution in [3.8, 4) is 122 Å². The molecule has 562 valence electrons. The van der Waals surface area contributed by atoms with Crippen molar-refractivity contribution in [2.24, 2.45) is 0 Å². The minimum Gasteiger partial charge on any atom is -0.456 e. The van der Waals surface area contributed by atoms with E-state index in [2.05, 4.69) is 447 Å². The Hall–Kier alpha value is -15.9. The molecule has 4 heteroatoms. The smallest absolute Gasteiger partial charge is 0.136 e. The number of anilines is 6. The van der Waals surface area contributed by atoms with Crippen molar-refractivity contribution >= 4 is 99.5 Å². The highest BCUT2D eigenvalue weighted by atomic mass is 16.3. The van der Waals surface area contributed by atoms with Crippen molar-refractivity contribution in [1.82, 2.24) is 0 Å². The zero-order chi connectivity index (χ0) is 79.4. The molecule has 0 aliphatic heterocycles. The molecule has 4 nitrogen and oxygen atoms in total. The lowest BCUT2D eigenvalue weighted by Gasteiger charge is -2.27. The first-order chi connectivity index (χ1) is 59.4. The molecule has 2 heterocycles. The largest absolute Gasteiger partial charge is 0.456 e. The number of furan rings is 2. The maximum Gasteiger partial charge on any atom is 0.136 e. The fourth-order valence-electron chi connectivity index (χ4n) is 17.9. The van der Waals surface area contributed by atoms with Crippen LogP contribution in [0.5, 0.6) is 0 Å². The molecule has 120 heavy (non-hydrogen) atoms. The number of fused-ring (bicyclic) bond motifs is 8. The second-order valence-corrected chi connectivity index (χ2v) is 31.1. The molecular weight excluding hydrogens is 1450 g/mol. The highest BCUT2D eigenvalue weighted by Gasteiger charge is 2.23. The highest BCUT2D eigenvalue weighted by molar-refractivity contribution is 6.13. The van der Waals surface area contributed by atoms with E-state index in [-0.39, 0.29) is 0 Å². The number of hydrogen-bond donors (Lipinski definition) is 0. The Morgan fingerprint density at radius 2 is 0.442 bits per heavy atom. The van der Waals surface area contributed by atoms with Crippen LogP contribution in [-0.4, -0.2) is 0 Å². The monoisotopic (exact) mass is 1530 g/mol. The summed E-state index contributed by atoms with van der Waals surface area (Å²) in [4.78, 5) is 4.84. The lowest BCUT2D eigenvalue weighted by molar-refractivity contribution is 0.668. The van der Waals surface area contributed by atoms with E-state index in [4.69, 9.17) is 8.83 Å². The van der Waals surface area contributed by atoms with Crippen LogP contribution in [0.2, 0.25) is 0 Å². The van der Waals surface area contributed by atoms with Gasteiger partial charge in [-0.2, -0.15) is 0 Å². The molecule has 22 rings (SSSR count). The van der Waals surface area contributed by atoms with Crippen LogP contribution in [0, 0.1) is 0 Å². The molecule has 0 fully saturated rings. The minimum atomic E-state index is 0.875. The van der Waals surface area contributed by atoms with Crippen molar-refractivity contribution in [2.45, 2.75) is 0 Å². The van der Waals surface area contributed by atoms with Gasteiger partial charge in [0.15, 0.2) is 0 Å². The van der Waals surface area contributed by atoms with Crippen molar-refractivity contribution in [1.29, 1.82) is 0 Å². The summed E-state index contributed by atoms with van der Waals surface area (Å²) >= 11 is 0. The number of para-hydroxylation sites is 2. The van der Waals surface area contributed by atoms with Gasteiger partial charge in [-0.15, -0.1) is 0 Å². The van der Waals surface area contributed by atoms with Crippen LogP contribution in [0.3, 0.4) is 0 Å². The van der Waals surface area contributed by atoms with E-state index in [9.17, 15) is 0 Å². The summed E-state index contributed by atoms with van der Waals surface area (Å²) in [5.41, 5.74) is 34.7. The van der Waals surface area contributed by atoms with Gasteiger partial charge in [0.05, 0.1) is 0 Å². The van der Waals surface area contributed by atoms with E-state index in [0.717, 1.165) is 184 Å². The first-order valence-electron chi connectivity index (χ1n) is 41.0. The van der Waals surface area contributed by atoms with E-state index >= 15 is 0 Å². The molecule has 0 radical (unpaired) electrons. The SMILES string of the molecule is c1ccc(-c2cc(-c3ccccc3)cc(N(c3ccc(-c4cccc5oc6ccccc6c45)cc3)c3cccc(-c4cccc(-c5cccc6cc(-c7cccc(-c8cc(-c9ccccc9)cc(N(c9ccc(-c%10ccc%11c(c%10)oc%10ccccc%10%11)cc9)c9cccc(-c%10cccc(-c%11cccc%12ccccc%11%12)c%10)c9)c8)c7)ccc56)c4)c3)c2)cc1. The number of nitrogens with zero attached hydrogens (tertiary/aromatic N) is 2. The van der Waals surface area contributed by atoms with Gasteiger partial charge in [0, 0.05) is 55.7 Å². The number of benzene rings is 20. The first kappa shape index (κ1) is 70.7. The third-order valence-corrected chi connectivity index (χ3v) is 23.8. The van der Waals surface area contributed by atoms with Crippen LogP contribution >= 0.6 is 0 Å². The van der Waals surface area contributed by atoms with Crippen molar-refractivity contribution in [2.75, 3.05) is 9.80 Å². The molecule has 22 aromatic rings. The molecule has 0 atom stereocenters. The van der Waals surface area contributed by atoms with Crippen molar-refractivity contribution in [3.05, 3.63) is 461 Å². The Morgan fingerprint density at radius 3 is 1.00 bits per heavy atom. The van der Waals surface area contributed by atoms with Crippen LogP contribution in [0.1, 0.15) is 0 Å². The predicted octanol–water partition coefficient (Wildman–Crippen LogP) is 33.1. The Morgan fingerprint density at radius 1 is 0.133 bits per heavy atom. The third kappa shape index (κ3) is 13.4. The second kappa shape index (κ2) is 30.4. The maximum atomic E-state index is 6.42. The van der Waals surface area contributed by atoms with Crippen LogP contribution in [0.25, 0.3) is 188 Å². The Bertz CT molecular complexity index is 7590. The van der Waals surface area contributed by atoms with E-state index in [1.54, 1.807) is 0 Å². The molecule has 0 N–H and O–H groups in total. The maximum absolute atomic E-state index is 6.42. The average molecular weight is 1530 g/mol. The first-order valence-corrected chi connectivity index (χ1v) is 41.0. The molecular formula is C116H76N2O2. The molecule has 0 spiro atoms. The lowest BCUT2D eigenvalue weighted by Crippen LogP contribution is -2.10. The van der Waals surface area contributed by atoms with Gasteiger partial charge in [-0.1, -0.05) is 322 Å². The molecule has 0 aliphatic carbocycles. The zero-order valence-electron chi connectivity index (χ0n) is 65.6. The molecule has 0 saturated carbocycles. The summed E-state index contributed by atoms with van der Waals surface area (Å²) in [7, 11) is 0. The normalized spacial score (nSPS) is 11.5. The molecule has 0 unspecified atom stereocenters. The van der Waals surface area contributed by atoms with E-state index in [0.29, 0.717) is 0 Å². The number of hydrogen-bond acceptors (Lipinski definition) is 4. The summed E-state index contributed by atoms with van der Waals surface area (Å²) in [6, 6.07) is 168. The summed E-state index contributed by atoms with van der Waals surface area (Å²) in [6.45, 7) is 0. The van der Waals surface area contributed by atoms with Gasteiger partial charge in [0.25, 0.3) is 0 Å². The van der Waals surface area contributed by atoms with Gasteiger partial charge in [0.1, 0.15) is 22.3 Å². The standard InChI is InChI=1S/C116H76N2O2/c1-4-24-77(25-5-1)94-68-95(78-26-6-2-7-27-78)73-102(72-94)118(99-60-54-82(55-61-99)108-48-23-51-114-116(108)111-45-13-15-50-113(111)119-114)101-42-20-37-88(71-101)85-34-18-39-92(66-85)106-47-22-40-93-67-89(56-62-107(93)106)83-32-16-35-86(64-83)97-69-96(79-28-8-3-9-29-79)74-103(75-97)117(98-58-52-80(53-59-98)90-57-63-110-109-44-12-14-49-112(109)120-115(110)76-90)100-41-19-36-87(70-100)84-33-17-38-91(65-84)105-46-21-31-81-30-10-11-43-104(81)105/h1-76H. The quantitative estimate of drug-likeness (QED) is 0.0910. The molecule has 0 saturated heterocycles.